The number of aromatic amines is 1. The standard InChI is InChI=1S/C20H16N4O6/c21-20(27)23-13-3-1-2-12(10-13)18(16-11-22-9-8-17(16)25)19(26)30-15-6-4-14(5-7-15)24(28)29/h1-11,18H,(H,22,25)(H3,21,23,27). The number of ether oxygens (including phenoxy) is 1. The highest BCUT2D eigenvalue weighted by atomic mass is 16.6. The number of urea groups is 1. The molecular weight excluding hydrogens is 392 g/mol. The molecule has 30 heavy (non-hydrogen) atoms. The first-order valence-corrected chi connectivity index (χ1v) is 8.64. The Morgan fingerprint density at radius 2 is 1.87 bits per heavy atom. The van der Waals surface area contributed by atoms with Gasteiger partial charge in [-0.15, -0.1) is 0 Å². The lowest BCUT2D eigenvalue weighted by Gasteiger charge is -2.17. The van der Waals surface area contributed by atoms with Gasteiger partial charge in [0.05, 0.1) is 4.92 Å². The average molecular weight is 408 g/mol. The molecule has 0 spiro atoms. The van der Waals surface area contributed by atoms with Crippen LogP contribution in [-0.2, 0) is 4.79 Å². The molecule has 1 unspecified atom stereocenters. The van der Waals surface area contributed by atoms with Crippen LogP contribution >= 0.6 is 0 Å². The molecule has 3 aromatic rings. The average Bonchev–Trinajstić information content (AvgIpc) is 2.70. The number of esters is 1. The fourth-order valence-corrected chi connectivity index (χ4v) is 2.85. The second-order valence-electron chi connectivity index (χ2n) is 6.18. The highest BCUT2D eigenvalue weighted by Crippen LogP contribution is 2.27. The smallest absolute Gasteiger partial charge is 0.323 e. The van der Waals surface area contributed by atoms with Crippen molar-refractivity contribution in [2.75, 3.05) is 5.32 Å². The summed E-state index contributed by atoms with van der Waals surface area (Å²) in [6.45, 7) is 0. The molecule has 2 aromatic carbocycles. The number of pyridine rings is 1. The Balaban J connectivity index is 1.99. The van der Waals surface area contributed by atoms with E-state index in [0.29, 0.717) is 11.3 Å². The number of amides is 2. The van der Waals surface area contributed by atoms with Crippen LogP contribution in [0.25, 0.3) is 0 Å². The largest absolute Gasteiger partial charge is 0.426 e. The first-order chi connectivity index (χ1) is 14.3. The van der Waals surface area contributed by atoms with Gasteiger partial charge in [-0.3, -0.25) is 19.7 Å². The normalized spacial score (nSPS) is 11.3. The Bertz CT molecular complexity index is 1160. The van der Waals surface area contributed by atoms with Crippen molar-refractivity contribution in [2.24, 2.45) is 5.73 Å². The van der Waals surface area contributed by atoms with E-state index in [-0.39, 0.29) is 17.0 Å². The number of carbonyl (C=O) groups is 2. The van der Waals surface area contributed by atoms with Crippen molar-refractivity contribution in [2.45, 2.75) is 5.92 Å². The van der Waals surface area contributed by atoms with Crippen LogP contribution in [0.1, 0.15) is 17.0 Å². The molecule has 1 aromatic heterocycles. The molecule has 2 amide bonds. The van der Waals surface area contributed by atoms with E-state index in [1.54, 1.807) is 18.2 Å². The van der Waals surface area contributed by atoms with Gasteiger partial charge in [-0.05, 0) is 29.8 Å². The van der Waals surface area contributed by atoms with Crippen molar-refractivity contribution in [3.63, 3.8) is 0 Å². The van der Waals surface area contributed by atoms with Gasteiger partial charge in [0, 0.05) is 41.8 Å². The lowest BCUT2D eigenvalue weighted by Crippen LogP contribution is -2.25. The number of H-pyrrole nitrogens is 1. The van der Waals surface area contributed by atoms with Crippen molar-refractivity contribution in [3.05, 3.63) is 98.5 Å². The van der Waals surface area contributed by atoms with Gasteiger partial charge in [-0.2, -0.15) is 0 Å². The Labute approximate surface area is 169 Å². The molecule has 0 aliphatic heterocycles. The second-order valence-corrected chi connectivity index (χ2v) is 6.18. The molecule has 10 heteroatoms. The van der Waals surface area contributed by atoms with E-state index in [1.807, 2.05) is 0 Å². The van der Waals surface area contributed by atoms with Gasteiger partial charge in [0.2, 0.25) is 0 Å². The van der Waals surface area contributed by atoms with Crippen molar-refractivity contribution < 1.29 is 19.2 Å². The number of hydrogen-bond acceptors (Lipinski definition) is 6. The Kier molecular flexibility index (Phi) is 5.87. The minimum Gasteiger partial charge on any atom is -0.426 e. The third kappa shape index (κ3) is 4.68. The zero-order valence-corrected chi connectivity index (χ0v) is 15.4. The van der Waals surface area contributed by atoms with E-state index >= 15 is 0 Å². The fourth-order valence-electron chi connectivity index (χ4n) is 2.85. The number of nitrogens with two attached hydrogens (primary N) is 1. The highest BCUT2D eigenvalue weighted by molar-refractivity contribution is 5.89. The molecule has 0 bridgehead atoms. The number of primary amides is 1. The van der Waals surface area contributed by atoms with Gasteiger partial charge >= 0.3 is 12.0 Å². The lowest BCUT2D eigenvalue weighted by atomic mass is 9.92. The van der Waals surface area contributed by atoms with Crippen molar-refractivity contribution in [3.8, 4) is 5.75 Å². The van der Waals surface area contributed by atoms with Crippen LogP contribution in [0, 0.1) is 10.1 Å². The van der Waals surface area contributed by atoms with E-state index < -0.39 is 28.3 Å². The summed E-state index contributed by atoms with van der Waals surface area (Å²) >= 11 is 0. The number of nitro benzene ring substituents is 1. The van der Waals surface area contributed by atoms with E-state index in [2.05, 4.69) is 10.3 Å². The summed E-state index contributed by atoms with van der Waals surface area (Å²) < 4.78 is 5.37. The number of carbonyl (C=O) groups excluding carboxylic acids is 2. The van der Waals surface area contributed by atoms with E-state index in [4.69, 9.17) is 10.5 Å². The minimum atomic E-state index is -1.13. The van der Waals surface area contributed by atoms with Crippen LogP contribution in [0.4, 0.5) is 16.2 Å². The maximum Gasteiger partial charge on any atom is 0.323 e. The van der Waals surface area contributed by atoms with Crippen molar-refractivity contribution in [1.82, 2.24) is 4.98 Å². The quantitative estimate of drug-likeness (QED) is 0.246. The molecule has 0 saturated heterocycles. The molecule has 0 aliphatic carbocycles. The molecule has 152 valence electrons. The Morgan fingerprint density at radius 1 is 1.13 bits per heavy atom. The van der Waals surface area contributed by atoms with Crippen LogP contribution in [-0.4, -0.2) is 21.9 Å². The van der Waals surface area contributed by atoms with Gasteiger partial charge < -0.3 is 20.8 Å². The van der Waals surface area contributed by atoms with Crippen LogP contribution in [0.5, 0.6) is 5.75 Å². The number of nitrogens with zero attached hydrogens (tertiary/aromatic N) is 1. The summed E-state index contributed by atoms with van der Waals surface area (Å²) in [5, 5.41) is 13.2. The molecular formula is C20H16N4O6. The first kappa shape index (κ1) is 20.3. The first-order valence-electron chi connectivity index (χ1n) is 8.64. The predicted octanol–water partition coefficient (Wildman–Crippen LogP) is 2.51. The molecule has 3 rings (SSSR count). The summed E-state index contributed by atoms with van der Waals surface area (Å²) in [5.74, 6) is -1.83. The number of anilines is 1. The number of nitrogens with one attached hydrogen (secondary N) is 2. The SMILES string of the molecule is NC(=O)Nc1cccc(C(C(=O)Oc2ccc([N+](=O)[O-])cc2)c2c[nH]ccc2=O)c1. The predicted molar refractivity (Wildman–Crippen MR) is 107 cm³/mol. The number of rotatable bonds is 6. The molecule has 0 fully saturated rings. The lowest BCUT2D eigenvalue weighted by molar-refractivity contribution is -0.384. The Morgan fingerprint density at radius 3 is 2.50 bits per heavy atom. The molecule has 0 saturated carbocycles. The number of aromatic nitrogens is 1. The monoisotopic (exact) mass is 408 g/mol. The molecule has 0 radical (unpaired) electrons. The van der Waals surface area contributed by atoms with Crippen LogP contribution in [0.15, 0.2) is 71.8 Å². The van der Waals surface area contributed by atoms with Crippen LogP contribution in [0.2, 0.25) is 0 Å². The third-order valence-corrected chi connectivity index (χ3v) is 4.15. The topological polar surface area (TPSA) is 157 Å². The summed E-state index contributed by atoms with van der Waals surface area (Å²) in [5.41, 5.74) is 5.42. The van der Waals surface area contributed by atoms with Gasteiger partial charge in [0.1, 0.15) is 11.7 Å². The van der Waals surface area contributed by atoms with Crippen LogP contribution < -0.4 is 21.2 Å². The molecule has 1 heterocycles. The minimum absolute atomic E-state index is 0.0781. The fraction of sp³-hybridized carbons (Fsp3) is 0.0500. The van der Waals surface area contributed by atoms with E-state index in [0.717, 1.165) is 0 Å². The molecule has 10 nitrogen and oxygen atoms in total. The van der Waals surface area contributed by atoms with Gasteiger partial charge in [0.15, 0.2) is 5.43 Å². The van der Waals surface area contributed by atoms with Crippen molar-refractivity contribution in [1.29, 1.82) is 0 Å². The Hall–Kier alpha value is -4.47. The van der Waals surface area contributed by atoms with Gasteiger partial charge in [-0.25, -0.2) is 4.79 Å². The maximum atomic E-state index is 13.0. The number of benzene rings is 2. The molecule has 1 atom stereocenters. The second kappa shape index (κ2) is 8.69. The zero-order chi connectivity index (χ0) is 21.7. The third-order valence-electron chi connectivity index (χ3n) is 4.15. The van der Waals surface area contributed by atoms with Gasteiger partial charge in [0.25, 0.3) is 5.69 Å². The van der Waals surface area contributed by atoms with Crippen LogP contribution in [0.3, 0.4) is 0 Å². The summed E-state index contributed by atoms with van der Waals surface area (Å²) in [6, 6.07) is 11.7. The maximum absolute atomic E-state index is 13.0. The van der Waals surface area contributed by atoms with E-state index in [9.17, 15) is 24.5 Å². The highest BCUT2D eigenvalue weighted by Gasteiger charge is 2.28. The van der Waals surface area contributed by atoms with Crippen molar-refractivity contribution >= 4 is 23.4 Å². The number of nitro groups is 1. The molecule has 0 aliphatic rings. The summed E-state index contributed by atoms with van der Waals surface area (Å²) in [6.07, 6.45) is 2.81. The van der Waals surface area contributed by atoms with E-state index in [1.165, 1.54) is 48.8 Å². The van der Waals surface area contributed by atoms with Gasteiger partial charge in [-0.1, -0.05) is 12.1 Å². The molecule has 4 N–H and O–H groups in total. The number of non-ortho nitro benzene ring substituents is 1. The summed E-state index contributed by atoms with van der Waals surface area (Å²) in [4.78, 5) is 49.5. The summed E-state index contributed by atoms with van der Waals surface area (Å²) in [7, 11) is 0. The number of hydrogen-bond donors (Lipinski definition) is 3. The zero-order valence-electron chi connectivity index (χ0n) is 15.4.